The third kappa shape index (κ3) is 2.37. The van der Waals surface area contributed by atoms with Crippen LogP contribution in [0.3, 0.4) is 0 Å². The van der Waals surface area contributed by atoms with Gasteiger partial charge in [0.25, 0.3) is 5.91 Å². The molecule has 2 aliphatic rings. The second-order valence-electron chi connectivity index (χ2n) is 5.97. The molecule has 0 aliphatic heterocycles. The summed E-state index contributed by atoms with van der Waals surface area (Å²) in [7, 11) is 1.80. The first-order valence-corrected chi connectivity index (χ1v) is 7.49. The topological polar surface area (TPSA) is 64.0 Å². The fourth-order valence-electron chi connectivity index (χ4n) is 3.15. The van der Waals surface area contributed by atoms with Crippen LogP contribution in [0.5, 0.6) is 0 Å². The molecule has 0 saturated heterocycles. The highest BCUT2D eigenvalue weighted by atomic mass is 16.2. The Balaban J connectivity index is 1.67. The van der Waals surface area contributed by atoms with Crippen LogP contribution in [0.4, 0.5) is 0 Å². The van der Waals surface area contributed by atoms with Crippen molar-refractivity contribution in [3.8, 4) is 0 Å². The Bertz CT molecular complexity index is 531. The highest BCUT2D eigenvalue weighted by Crippen LogP contribution is 2.37. The van der Waals surface area contributed by atoms with E-state index in [0.717, 1.165) is 31.2 Å². The molecule has 1 heterocycles. The molecule has 0 radical (unpaired) electrons. The van der Waals surface area contributed by atoms with E-state index in [0.29, 0.717) is 24.6 Å². The lowest BCUT2D eigenvalue weighted by Crippen LogP contribution is -2.33. The predicted octanol–water partition coefficient (Wildman–Crippen LogP) is 1.79. The minimum atomic E-state index is -0.0911. The zero-order valence-electron chi connectivity index (χ0n) is 11.9. The maximum atomic E-state index is 12.4. The van der Waals surface area contributed by atoms with Gasteiger partial charge in [-0.3, -0.25) is 14.3 Å². The number of amides is 1. The van der Waals surface area contributed by atoms with Crippen molar-refractivity contribution in [1.82, 2.24) is 15.1 Å². The summed E-state index contributed by atoms with van der Waals surface area (Å²) in [4.78, 5) is 24.0. The molecule has 5 nitrogen and oxygen atoms in total. The van der Waals surface area contributed by atoms with Gasteiger partial charge in [0.1, 0.15) is 11.5 Å². The minimum Gasteiger partial charge on any atom is -0.350 e. The molecule has 2 fully saturated rings. The van der Waals surface area contributed by atoms with Gasteiger partial charge in [0, 0.05) is 31.5 Å². The van der Waals surface area contributed by atoms with Crippen LogP contribution in [0.25, 0.3) is 0 Å². The first kappa shape index (κ1) is 13.3. The number of aromatic nitrogens is 2. The molecule has 5 heteroatoms. The van der Waals surface area contributed by atoms with E-state index in [4.69, 9.17) is 0 Å². The van der Waals surface area contributed by atoms with E-state index < -0.39 is 0 Å². The van der Waals surface area contributed by atoms with Gasteiger partial charge < -0.3 is 5.32 Å². The van der Waals surface area contributed by atoms with Gasteiger partial charge >= 0.3 is 0 Å². The van der Waals surface area contributed by atoms with Crippen molar-refractivity contribution < 1.29 is 9.59 Å². The second kappa shape index (κ2) is 5.38. The number of rotatable bonds is 4. The fourth-order valence-corrected chi connectivity index (χ4v) is 3.15. The number of carbonyl (C=O) groups excluding carboxylic acids is 2. The van der Waals surface area contributed by atoms with Gasteiger partial charge in [-0.15, -0.1) is 0 Å². The Hall–Kier alpha value is -1.65. The van der Waals surface area contributed by atoms with Crippen molar-refractivity contribution >= 4 is 11.7 Å². The van der Waals surface area contributed by atoms with E-state index >= 15 is 0 Å². The van der Waals surface area contributed by atoms with Gasteiger partial charge in [-0.05, 0) is 31.6 Å². The number of hydrogen-bond acceptors (Lipinski definition) is 3. The summed E-state index contributed by atoms with van der Waals surface area (Å²) in [6.45, 7) is 0.465. The summed E-state index contributed by atoms with van der Waals surface area (Å²) in [6.07, 6.45) is 7.87. The molecule has 2 saturated carbocycles. The molecule has 108 valence electrons. The number of ketones is 1. The Morgan fingerprint density at radius 2 is 2.20 bits per heavy atom. The van der Waals surface area contributed by atoms with Gasteiger partial charge in [-0.1, -0.05) is 6.42 Å². The summed E-state index contributed by atoms with van der Waals surface area (Å²) in [5, 5.41) is 7.15. The van der Waals surface area contributed by atoms with Crippen molar-refractivity contribution in [3.05, 3.63) is 17.5 Å². The summed E-state index contributed by atoms with van der Waals surface area (Å²) in [5.74, 6) is 0.693. The van der Waals surface area contributed by atoms with E-state index in [1.165, 1.54) is 6.42 Å². The van der Waals surface area contributed by atoms with Crippen LogP contribution in [0.1, 0.15) is 60.5 Å². The van der Waals surface area contributed by atoms with Gasteiger partial charge in [0.05, 0.1) is 6.20 Å². The van der Waals surface area contributed by atoms with Gasteiger partial charge in [-0.25, -0.2) is 0 Å². The van der Waals surface area contributed by atoms with Gasteiger partial charge in [0.2, 0.25) is 0 Å². The van der Waals surface area contributed by atoms with Gasteiger partial charge in [0.15, 0.2) is 0 Å². The lowest BCUT2D eigenvalue weighted by Gasteiger charge is -2.25. The highest BCUT2D eigenvalue weighted by molar-refractivity contribution is 5.94. The summed E-state index contributed by atoms with van der Waals surface area (Å²) < 4.78 is 1.65. The van der Waals surface area contributed by atoms with Crippen LogP contribution >= 0.6 is 0 Å². The number of hydrogen-bond donors (Lipinski definition) is 1. The molecule has 0 bridgehead atoms. The average molecular weight is 275 g/mol. The number of nitrogens with one attached hydrogen (secondary N) is 1. The first-order chi connectivity index (χ1) is 9.66. The van der Waals surface area contributed by atoms with E-state index in [9.17, 15) is 9.59 Å². The van der Waals surface area contributed by atoms with Crippen LogP contribution < -0.4 is 5.32 Å². The van der Waals surface area contributed by atoms with E-state index in [2.05, 4.69) is 10.4 Å². The molecule has 2 aliphatic carbocycles. The summed E-state index contributed by atoms with van der Waals surface area (Å²) >= 11 is 0. The number of carbonyl (C=O) groups is 2. The monoisotopic (exact) mass is 275 g/mol. The third-order valence-electron chi connectivity index (χ3n) is 4.67. The Kier molecular flexibility index (Phi) is 3.59. The predicted molar refractivity (Wildman–Crippen MR) is 74.5 cm³/mol. The number of Topliss-reactive ketones (excluding diaryl/α,β-unsaturated/α-hetero) is 1. The van der Waals surface area contributed by atoms with Crippen LogP contribution in [-0.2, 0) is 11.8 Å². The van der Waals surface area contributed by atoms with Crippen molar-refractivity contribution in [2.75, 3.05) is 6.54 Å². The lowest BCUT2D eigenvalue weighted by atomic mass is 9.80. The zero-order chi connectivity index (χ0) is 14.1. The minimum absolute atomic E-state index is 0.0133. The zero-order valence-corrected chi connectivity index (χ0v) is 11.9. The first-order valence-electron chi connectivity index (χ1n) is 7.49. The number of aryl methyl sites for hydroxylation is 1. The normalized spacial score (nSPS) is 22.9. The maximum Gasteiger partial charge on any atom is 0.269 e. The van der Waals surface area contributed by atoms with Crippen molar-refractivity contribution in [2.45, 2.75) is 44.4 Å². The Morgan fingerprint density at radius 3 is 2.80 bits per heavy atom. The highest BCUT2D eigenvalue weighted by Gasteiger charge is 2.29. The lowest BCUT2D eigenvalue weighted by molar-refractivity contribution is -0.120. The Labute approximate surface area is 118 Å². The summed E-state index contributed by atoms with van der Waals surface area (Å²) in [5.41, 5.74) is 1.73. The van der Waals surface area contributed by atoms with Crippen LogP contribution in [0.15, 0.2) is 6.20 Å². The molecule has 1 amide bonds. The molecular formula is C15H21N3O2. The molecule has 1 atom stereocenters. The second-order valence-corrected chi connectivity index (χ2v) is 5.97. The third-order valence-corrected chi connectivity index (χ3v) is 4.67. The quantitative estimate of drug-likeness (QED) is 0.911. The molecule has 3 rings (SSSR count). The van der Waals surface area contributed by atoms with E-state index in [1.807, 2.05) is 6.20 Å². The average Bonchev–Trinajstić information content (AvgIpc) is 2.92. The van der Waals surface area contributed by atoms with Crippen molar-refractivity contribution in [2.24, 2.45) is 13.0 Å². The van der Waals surface area contributed by atoms with Crippen LogP contribution in [-0.4, -0.2) is 28.0 Å². The van der Waals surface area contributed by atoms with Gasteiger partial charge in [-0.2, -0.15) is 5.10 Å². The molecular weight excluding hydrogens is 254 g/mol. The smallest absolute Gasteiger partial charge is 0.269 e. The summed E-state index contributed by atoms with van der Waals surface area (Å²) in [6, 6.07) is 0. The molecule has 1 unspecified atom stereocenters. The largest absolute Gasteiger partial charge is 0.350 e. The molecule has 1 aromatic heterocycles. The van der Waals surface area contributed by atoms with Crippen LogP contribution in [0.2, 0.25) is 0 Å². The maximum absolute atomic E-state index is 12.4. The van der Waals surface area contributed by atoms with Crippen LogP contribution in [0, 0.1) is 5.92 Å². The van der Waals surface area contributed by atoms with E-state index in [1.54, 1.807) is 11.7 Å². The van der Waals surface area contributed by atoms with E-state index in [-0.39, 0.29) is 17.6 Å². The molecule has 20 heavy (non-hydrogen) atoms. The van der Waals surface area contributed by atoms with Crippen molar-refractivity contribution in [3.63, 3.8) is 0 Å². The SMILES string of the molecule is Cn1ncc(C2CCC2)c1C(=O)NCC1CCCC1=O. The van der Waals surface area contributed by atoms with Crippen molar-refractivity contribution in [1.29, 1.82) is 0 Å². The standard InChI is InChI=1S/C15H21N3O2/c1-18-14(12(9-17-18)10-4-2-5-10)15(20)16-8-11-6-3-7-13(11)19/h9-11H,2-8H2,1H3,(H,16,20). The Morgan fingerprint density at radius 1 is 1.40 bits per heavy atom. The molecule has 1 aromatic rings. The molecule has 0 spiro atoms. The number of nitrogens with zero attached hydrogens (tertiary/aromatic N) is 2. The molecule has 1 N–H and O–H groups in total. The molecule has 0 aromatic carbocycles. The fraction of sp³-hybridized carbons (Fsp3) is 0.667.